The van der Waals surface area contributed by atoms with Gasteiger partial charge in [-0.2, -0.15) is 0 Å². The zero-order valence-corrected chi connectivity index (χ0v) is 21.2. The molecule has 0 N–H and O–H groups in total. The minimum atomic E-state index is -1.17. The van der Waals surface area contributed by atoms with E-state index in [4.69, 9.17) is 14.2 Å². The summed E-state index contributed by atoms with van der Waals surface area (Å²) in [6.07, 6.45) is 1.86. The van der Waals surface area contributed by atoms with Gasteiger partial charge >= 0.3 is 0 Å². The zero-order valence-electron chi connectivity index (χ0n) is 21.2. The van der Waals surface area contributed by atoms with E-state index in [1.54, 1.807) is 12.1 Å². The molecule has 1 heterocycles. The number of ketones is 2. The number of Topliss-reactive ketones (excluding diaryl/α,β-unsaturated/α-hetero) is 2. The summed E-state index contributed by atoms with van der Waals surface area (Å²) in [6, 6.07) is 12.2. The molecule has 0 bridgehead atoms. The average Bonchev–Trinajstić information content (AvgIpc) is 3.74. The molecule has 1 aromatic heterocycles. The Morgan fingerprint density at radius 3 is 1.97 bits per heavy atom. The number of carbonyl (C=O) groups is 2. The Morgan fingerprint density at radius 2 is 1.38 bits per heavy atom. The number of methoxy groups -OCH3 is 2. The normalized spacial score (nSPS) is 13.7. The van der Waals surface area contributed by atoms with Crippen molar-refractivity contribution in [2.45, 2.75) is 25.7 Å². The second-order valence-electron chi connectivity index (χ2n) is 9.43. The second kappa shape index (κ2) is 10.4. The van der Waals surface area contributed by atoms with Crippen LogP contribution in [0.15, 0.2) is 60.8 Å². The van der Waals surface area contributed by atoms with Gasteiger partial charge in [0.1, 0.15) is 11.6 Å². The monoisotopic (exact) mass is 535 g/mol. The average molecular weight is 536 g/mol. The zero-order chi connectivity index (χ0) is 27.7. The van der Waals surface area contributed by atoms with Crippen LogP contribution in [0.1, 0.15) is 24.0 Å². The Balaban J connectivity index is 1.35. The van der Waals surface area contributed by atoms with Gasteiger partial charge in [0.05, 0.1) is 25.2 Å². The summed E-state index contributed by atoms with van der Waals surface area (Å²) in [6.45, 7) is 0. The summed E-state index contributed by atoms with van der Waals surface area (Å²) in [5, 5.41) is 0.448. The van der Waals surface area contributed by atoms with Gasteiger partial charge < -0.3 is 14.2 Å². The van der Waals surface area contributed by atoms with Crippen LogP contribution in [-0.4, -0.2) is 30.8 Å². The largest absolute Gasteiger partial charge is 0.493 e. The lowest BCUT2D eigenvalue weighted by Gasteiger charge is -2.15. The van der Waals surface area contributed by atoms with E-state index < -0.39 is 34.4 Å². The first-order valence-corrected chi connectivity index (χ1v) is 12.2. The highest BCUT2D eigenvalue weighted by atomic mass is 19.1. The highest BCUT2D eigenvalue weighted by molar-refractivity contribution is 6.11. The molecule has 0 radical (unpaired) electrons. The number of ether oxygens (including phenoxy) is 3. The van der Waals surface area contributed by atoms with E-state index in [0.717, 1.165) is 12.1 Å². The molecule has 0 aliphatic heterocycles. The van der Waals surface area contributed by atoms with Crippen LogP contribution in [0.5, 0.6) is 23.0 Å². The van der Waals surface area contributed by atoms with E-state index in [1.165, 1.54) is 50.7 Å². The van der Waals surface area contributed by atoms with Crippen molar-refractivity contribution in [3.8, 4) is 23.0 Å². The molecule has 1 aliphatic rings. The highest BCUT2D eigenvalue weighted by Crippen LogP contribution is 2.49. The van der Waals surface area contributed by atoms with E-state index in [0.29, 0.717) is 40.8 Å². The number of halogens is 3. The summed E-state index contributed by atoms with van der Waals surface area (Å²) in [7, 11) is 2.94. The first-order valence-electron chi connectivity index (χ1n) is 12.2. The molecule has 0 spiro atoms. The molecular weight excluding hydrogens is 511 g/mol. The Morgan fingerprint density at radius 1 is 0.795 bits per heavy atom. The number of aromatic nitrogens is 1. The predicted octanol–water partition coefficient (Wildman–Crippen LogP) is 6.17. The lowest BCUT2D eigenvalue weighted by Crippen LogP contribution is -2.29. The smallest absolute Gasteiger partial charge is 0.198 e. The van der Waals surface area contributed by atoms with Crippen molar-refractivity contribution in [1.82, 2.24) is 4.98 Å². The maximum absolute atomic E-state index is 15.1. The van der Waals surface area contributed by atoms with Gasteiger partial charge in [0.2, 0.25) is 0 Å². The molecule has 5 rings (SSSR count). The number of rotatable bonds is 10. The van der Waals surface area contributed by atoms with Crippen molar-refractivity contribution in [2.75, 3.05) is 14.2 Å². The van der Waals surface area contributed by atoms with Crippen molar-refractivity contribution >= 4 is 22.5 Å². The van der Waals surface area contributed by atoms with Crippen LogP contribution in [0, 0.1) is 22.9 Å². The van der Waals surface area contributed by atoms with Gasteiger partial charge in [0.15, 0.2) is 40.4 Å². The van der Waals surface area contributed by atoms with E-state index in [9.17, 15) is 14.0 Å². The molecule has 0 saturated heterocycles. The standard InChI is InChI=1S/C30H24F3NO5/c1-37-25-15-20-23(16-26(25)38-2)34-10-7-24(20)39-29-21(32)11-18(12-22(29)33)14-28(36)30(8-9-30)27(35)13-17-3-5-19(31)6-4-17/h3-7,10-12,15-16H,8-9,13-14H2,1-2H3. The van der Waals surface area contributed by atoms with Crippen LogP contribution in [0.2, 0.25) is 0 Å². The van der Waals surface area contributed by atoms with E-state index in [1.807, 2.05) is 0 Å². The molecular formula is C30H24F3NO5. The highest BCUT2D eigenvalue weighted by Gasteiger charge is 2.54. The summed E-state index contributed by atoms with van der Waals surface area (Å²) < 4.78 is 59.5. The molecule has 0 atom stereocenters. The van der Waals surface area contributed by atoms with Crippen LogP contribution in [0.3, 0.4) is 0 Å². The Hall–Kier alpha value is -4.40. The van der Waals surface area contributed by atoms with Gasteiger partial charge in [-0.1, -0.05) is 12.1 Å². The maximum Gasteiger partial charge on any atom is 0.198 e. The minimum Gasteiger partial charge on any atom is -0.493 e. The van der Waals surface area contributed by atoms with Crippen LogP contribution in [0.25, 0.3) is 10.9 Å². The predicted molar refractivity (Wildman–Crippen MR) is 137 cm³/mol. The fourth-order valence-corrected chi connectivity index (χ4v) is 4.61. The molecule has 1 fully saturated rings. The fraction of sp³-hybridized carbons (Fsp3) is 0.233. The number of pyridine rings is 1. The third kappa shape index (κ3) is 5.16. The summed E-state index contributed by atoms with van der Waals surface area (Å²) in [5.74, 6) is -2.76. The second-order valence-corrected chi connectivity index (χ2v) is 9.43. The molecule has 1 aliphatic carbocycles. The van der Waals surface area contributed by atoms with Crippen LogP contribution in [-0.2, 0) is 22.4 Å². The minimum absolute atomic E-state index is 0.0158. The SMILES string of the molecule is COc1cc2nccc(Oc3c(F)cc(CC(=O)C4(C(=O)Cc5ccc(F)cc5)CC4)cc3F)c2cc1OC. The van der Waals surface area contributed by atoms with E-state index >= 15 is 8.78 Å². The molecule has 200 valence electrons. The van der Waals surface area contributed by atoms with Crippen molar-refractivity contribution < 1.29 is 37.0 Å². The van der Waals surface area contributed by atoms with Gasteiger partial charge in [-0.3, -0.25) is 14.6 Å². The lowest BCUT2D eigenvalue weighted by atomic mass is 9.88. The third-order valence-corrected chi connectivity index (χ3v) is 6.94. The molecule has 0 unspecified atom stereocenters. The number of benzene rings is 3. The molecule has 3 aromatic carbocycles. The number of fused-ring (bicyclic) bond motifs is 1. The number of hydrogen-bond donors (Lipinski definition) is 0. The van der Waals surface area contributed by atoms with Crippen molar-refractivity contribution in [3.63, 3.8) is 0 Å². The fourth-order valence-electron chi connectivity index (χ4n) is 4.61. The van der Waals surface area contributed by atoms with Crippen molar-refractivity contribution in [2.24, 2.45) is 5.41 Å². The summed E-state index contributed by atoms with van der Waals surface area (Å²) in [4.78, 5) is 30.2. The molecule has 9 heteroatoms. The van der Waals surface area contributed by atoms with E-state index in [2.05, 4.69) is 4.98 Å². The molecule has 0 amide bonds. The molecule has 1 saturated carbocycles. The Bertz CT molecular complexity index is 1560. The van der Waals surface area contributed by atoms with Crippen molar-refractivity contribution in [3.05, 3.63) is 89.4 Å². The van der Waals surface area contributed by atoms with Crippen LogP contribution in [0.4, 0.5) is 13.2 Å². The number of hydrogen-bond acceptors (Lipinski definition) is 6. The van der Waals surface area contributed by atoms with Gasteiger partial charge in [0, 0.05) is 30.5 Å². The van der Waals surface area contributed by atoms with Gasteiger partial charge in [-0.05, 0) is 60.4 Å². The van der Waals surface area contributed by atoms with Gasteiger partial charge in [-0.25, -0.2) is 13.2 Å². The topological polar surface area (TPSA) is 74.7 Å². The van der Waals surface area contributed by atoms with E-state index in [-0.39, 0.29) is 29.9 Å². The summed E-state index contributed by atoms with van der Waals surface area (Å²) in [5.41, 5.74) is -0.0202. The molecule has 4 aromatic rings. The number of carbonyl (C=O) groups excluding carboxylic acids is 2. The first-order chi connectivity index (χ1) is 18.7. The Labute approximate surface area is 222 Å². The van der Waals surface area contributed by atoms with Gasteiger partial charge in [-0.15, -0.1) is 0 Å². The van der Waals surface area contributed by atoms with Crippen molar-refractivity contribution in [1.29, 1.82) is 0 Å². The lowest BCUT2D eigenvalue weighted by molar-refractivity contribution is -0.133. The van der Waals surface area contributed by atoms with Crippen LogP contribution >= 0.6 is 0 Å². The first kappa shape index (κ1) is 26.2. The Kier molecular flexibility index (Phi) is 6.99. The summed E-state index contributed by atoms with van der Waals surface area (Å²) >= 11 is 0. The molecule has 39 heavy (non-hydrogen) atoms. The van der Waals surface area contributed by atoms with Gasteiger partial charge in [0.25, 0.3) is 0 Å². The third-order valence-electron chi connectivity index (χ3n) is 6.94. The van der Waals surface area contributed by atoms with Crippen LogP contribution < -0.4 is 14.2 Å². The quantitative estimate of drug-likeness (QED) is 0.226. The molecule has 6 nitrogen and oxygen atoms in total. The number of nitrogens with zero attached hydrogens (tertiary/aromatic N) is 1. The maximum atomic E-state index is 15.1.